The lowest BCUT2D eigenvalue weighted by Crippen LogP contribution is -2.41. The minimum Gasteiger partial charge on any atom is -0.375 e. The maximum Gasteiger partial charge on any atom is 0.264 e. The first kappa shape index (κ1) is 15.7. The molecule has 1 aliphatic rings. The van der Waals surface area contributed by atoms with Crippen molar-refractivity contribution in [2.75, 3.05) is 11.4 Å². The van der Waals surface area contributed by atoms with Crippen LogP contribution in [0.2, 0.25) is 5.02 Å². The summed E-state index contributed by atoms with van der Waals surface area (Å²) < 4.78 is 0. The Balaban J connectivity index is 1.96. The molecule has 0 bridgehead atoms. The summed E-state index contributed by atoms with van der Waals surface area (Å²) in [5.41, 5.74) is -0.257. The van der Waals surface area contributed by atoms with Gasteiger partial charge in [0.15, 0.2) is 11.4 Å². The molecule has 1 amide bonds. The number of nitrogens with zero attached hydrogens (tertiary/aromatic N) is 1. The van der Waals surface area contributed by atoms with E-state index in [-0.39, 0.29) is 12.2 Å². The fourth-order valence-corrected chi connectivity index (χ4v) is 3.09. The van der Waals surface area contributed by atoms with Crippen LogP contribution in [0.1, 0.15) is 29.3 Å². The molecule has 0 saturated carbocycles. The van der Waals surface area contributed by atoms with E-state index in [0.29, 0.717) is 28.4 Å². The third-order valence-electron chi connectivity index (χ3n) is 4.14. The molecule has 1 heterocycles. The van der Waals surface area contributed by atoms with Crippen molar-refractivity contribution in [1.82, 2.24) is 0 Å². The number of rotatable bonds is 4. The normalized spacial score (nSPS) is 19.8. The number of para-hydroxylation sites is 1. The van der Waals surface area contributed by atoms with Crippen molar-refractivity contribution in [3.63, 3.8) is 0 Å². The Hall–Kier alpha value is -2.17. The molecular weight excluding hydrogens is 314 g/mol. The Bertz CT molecular complexity index is 772. The summed E-state index contributed by atoms with van der Waals surface area (Å²) in [6, 6.07) is 13.4. The molecule has 1 aliphatic heterocycles. The predicted octanol–water partition coefficient (Wildman–Crippen LogP) is 3.17. The molecule has 2 aromatic carbocycles. The van der Waals surface area contributed by atoms with Gasteiger partial charge in [0.25, 0.3) is 5.91 Å². The topological polar surface area (TPSA) is 57.6 Å². The summed E-state index contributed by atoms with van der Waals surface area (Å²) in [6.07, 6.45) is -0.291. The molecule has 0 aliphatic carbocycles. The first-order chi connectivity index (χ1) is 11.0. The molecular formula is C18H16ClNO3. The summed E-state index contributed by atoms with van der Waals surface area (Å²) in [7, 11) is 0. The minimum atomic E-state index is -1.82. The number of aliphatic hydroxyl groups is 1. The second-order valence-corrected chi connectivity index (χ2v) is 5.97. The smallest absolute Gasteiger partial charge is 0.264 e. The first-order valence-corrected chi connectivity index (χ1v) is 7.78. The third kappa shape index (κ3) is 2.54. The number of hydrogen-bond donors (Lipinski definition) is 1. The zero-order chi connectivity index (χ0) is 16.6. The van der Waals surface area contributed by atoms with Gasteiger partial charge < -0.3 is 10.0 Å². The monoisotopic (exact) mass is 329 g/mol. The van der Waals surface area contributed by atoms with Crippen molar-refractivity contribution < 1.29 is 14.7 Å². The van der Waals surface area contributed by atoms with Crippen LogP contribution in [0.4, 0.5) is 5.69 Å². The molecule has 3 rings (SSSR count). The van der Waals surface area contributed by atoms with Crippen molar-refractivity contribution in [3.8, 4) is 0 Å². The number of amides is 1. The Labute approximate surface area is 139 Å². The zero-order valence-electron chi connectivity index (χ0n) is 12.6. The summed E-state index contributed by atoms with van der Waals surface area (Å²) >= 11 is 5.82. The van der Waals surface area contributed by atoms with Gasteiger partial charge in [-0.25, -0.2) is 0 Å². The van der Waals surface area contributed by atoms with Gasteiger partial charge >= 0.3 is 0 Å². The standard InChI is InChI=1S/C18H16ClNO3/c1-2-20-15-6-4-3-5-14(15)18(23,17(20)22)11-16(21)12-7-9-13(19)10-8-12/h3-10,23H,2,11H2,1H3/t18-/m1/s1. The molecule has 1 atom stereocenters. The molecule has 0 spiro atoms. The van der Waals surface area contributed by atoms with E-state index in [4.69, 9.17) is 11.6 Å². The van der Waals surface area contributed by atoms with Gasteiger partial charge in [0.05, 0.1) is 12.1 Å². The first-order valence-electron chi connectivity index (χ1n) is 7.40. The lowest BCUT2D eigenvalue weighted by molar-refractivity contribution is -0.135. The molecule has 1 N–H and O–H groups in total. The molecule has 0 radical (unpaired) electrons. The number of benzene rings is 2. The van der Waals surface area contributed by atoms with Crippen LogP contribution in [0.25, 0.3) is 0 Å². The van der Waals surface area contributed by atoms with Crippen LogP contribution < -0.4 is 4.90 Å². The second kappa shape index (κ2) is 5.80. The van der Waals surface area contributed by atoms with E-state index in [1.54, 1.807) is 42.5 Å². The number of likely N-dealkylation sites (N-methyl/N-ethyl adjacent to an activating group) is 1. The zero-order valence-corrected chi connectivity index (χ0v) is 13.4. The minimum absolute atomic E-state index is 0.291. The summed E-state index contributed by atoms with van der Waals surface area (Å²) in [5.74, 6) is -0.756. The number of Topliss-reactive ketones (excluding diaryl/α,β-unsaturated/α-hetero) is 1. The fraction of sp³-hybridized carbons (Fsp3) is 0.222. The second-order valence-electron chi connectivity index (χ2n) is 5.53. The molecule has 23 heavy (non-hydrogen) atoms. The average Bonchev–Trinajstić information content (AvgIpc) is 2.76. The molecule has 0 fully saturated rings. The lowest BCUT2D eigenvalue weighted by Gasteiger charge is -2.22. The van der Waals surface area contributed by atoms with E-state index >= 15 is 0 Å². The SMILES string of the molecule is CCN1C(=O)[C@@](O)(CC(=O)c2ccc(Cl)cc2)c2ccccc21. The van der Waals surface area contributed by atoms with E-state index in [1.165, 1.54) is 4.90 Å². The van der Waals surface area contributed by atoms with Crippen molar-refractivity contribution >= 4 is 29.0 Å². The average molecular weight is 330 g/mol. The van der Waals surface area contributed by atoms with Gasteiger partial charge in [0.2, 0.25) is 0 Å². The summed E-state index contributed by atoms with van der Waals surface area (Å²) in [6.45, 7) is 2.27. The number of fused-ring (bicyclic) bond motifs is 1. The molecule has 5 heteroatoms. The molecule has 0 aromatic heterocycles. The van der Waals surface area contributed by atoms with E-state index in [9.17, 15) is 14.7 Å². The van der Waals surface area contributed by atoms with Gasteiger partial charge in [-0.05, 0) is 37.3 Å². The molecule has 2 aromatic rings. The van der Waals surface area contributed by atoms with Crippen molar-refractivity contribution in [2.45, 2.75) is 18.9 Å². The Kier molecular flexibility index (Phi) is 3.96. The van der Waals surface area contributed by atoms with Gasteiger partial charge in [-0.15, -0.1) is 0 Å². The number of hydrogen-bond acceptors (Lipinski definition) is 3. The van der Waals surface area contributed by atoms with E-state index in [1.807, 2.05) is 13.0 Å². The summed E-state index contributed by atoms with van der Waals surface area (Å²) in [5, 5.41) is 11.5. The Morgan fingerprint density at radius 1 is 1.17 bits per heavy atom. The van der Waals surface area contributed by atoms with Crippen LogP contribution in [-0.2, 0) is 10.4 Å². The highest BCUT2D eigenvalue weighted by Gasteiger charge is 2.50. The molecule has 0 unspecified atom stereocenters. The maximum absolute atomic E-state index is 12.6. The number of anilines is 1. The van der Waals surface area contributed by atoms with E-state index < -0.39 is 11.5 Å². The van der Waals surface area contributed by atoms with Crippen molar-refractivity contribution in [2.24, 2.45) is 0 Å². The van der Waals surface area contributed by atoms with Crippen LogP contribution in [0.5, 0.6) is 0 Å². The Morgan fingerprint density at radius 3 is 2.48 bits per heavy atom. The third-order valence-corrected chi connectivity index (χ3v) is 4.39. The van der Waals surface area contributed by atoms with Crippen LogP contribution in [0.3, 0.4) is 0 Å². The maximum atomic E-state index is 12.6. The summed E-state index contributed by atoms with van der Waals surface area (Å²) in [4.78, 5) is 26.6. The highest BCUT2D eigenvalue weighted by atomic mass is 35.5. The van der Waals surface area contributed by atoms with E-state index in [0.717, 1.165) is 0 Å². The highest BCUT2D eigenvalue weighted by molar-refractivity contribution is 6.30. The molecule has 118 valence electrons. The fourth-order valence-electron chi connectivity index (χ4n) is 2.96. The number of ketones is 1. The number of halogens is 1. The van der Waals surface area contributed by atoms with Crippen LogP contribution in [0.15, 0.2) is 48.5 Å². The number of carbonyl (C=O) groups is 2. The highest BCUT2D eigenvalue weighted by Crippen LogP contribution is 2.42. The Morgan fingerprint density at radius 2 is 1.83 bits per heavy atom. The lowest BCUT2D eigenvalue weighted by atomic mass is 9.88. The van der Waals surface area contributed by atoms with E-state index in [2.05, 4.69) is 0 Å². The van der Waals surface area contributed by atoms with Gasteiger partial charge in [-0.2, -0.15) is 0 Å². The van der Waals surface area contributed by atoms with Crippen molar-refractivity contribution in [3.05, 3.63) is 64.7 Å². The van der Waals surface area contributed by atoms with Crippen LogP contribution in [-0.4, -0.2) is 23.3 Å². The largest absolute Gasteiger partial charge is 0.375 e. The van der Waals surface area contributed by atoms with Crippen LogP contribution >= 0.6 is 11.6 Å². The van der Waals surface area contributed by atoms with Gasteiger partial charge in [0, 0.05) is 22.7 Å². The molecule has 0 saturated heterocycles. The molecule has 4 nitrogen and oxygen atoms in total. The predicted molar refractivity (Wildman–Crippen MR) is 88.8 cm³/mol. The van der Waals surface area contributed by atoms with Crippen molar-refractivity contribution in [1.29, 1.82) is 0 Å². The van der Waals surface area contributed by atoms with Gasteiger partial charge in [0.1, 0.15) is 0 Å². The van der Waals surface area contributed by atoms with Gasteiger partial charge in [-0.1, -0.05) is 29.8 Å². The van der Waals surface area contributed by atoms with Crippen LogP contribution in [0, 0.1) is 0 Å². The van der Waals surface area contributed by atoms with Gasteiger partial charge in [-0.3, -0.25) is 9.59 Å². The quantitative estimate of drug-likeness (QED) is 0.876. The number of carbonyl (C=O) groups excluding carboxylic acids is 2.